The summed E-state index contributed by atoms with van der Waals surface area (Å²) in [6.07, 6.45) is 0. The van der Waals surface area contributed by atoms with Crippen molar-refractivity contribution in [3.63, 3.8) is 0 Å². The highest BCUT2D eigenvalue weighted by Crippen LogP contribution is 2.21. The van der Waals surface area contributed by atoms with Gasteiger partial charge in [-0.2, -0.15) is 0 Å². The third-order valence-corrected chi connectivity index (χ3v) is 3.95. The van der Waals surface area contributed by atoms with Crippen LogP contribution < -0.4 is 4.74 Å². The maximum Gasteiger partial charge on any atom is 0.335 e. The van der Waals surface area contributed by atoms with E-state index < -0.39 is 5.97 Å². The lowest BCUT2D eigenvalue weighted by molar-refractivity contribution is 0.0696. The SMILES string of the molecule is O=C(O)c1cccc(SCCOc2cccc(Br)c2)c1. The van der Waals surface area contributed by atoms with Crippen LogP contribution >= 0.6 is 27.7 Å². The summed E-state index contributed by atoms with van der Waals surface area (Å²) in [5, 5.41) is 8.92. The van der Waals surface area contributed by atoms with Crippen molar-refractivity contribution < 1.29 is 14.6 Å². The molecule has 20 heavy (non-hydrogen) atoms. The van der Waals surface area contributed by atoms with Gasteiger partial charge in [-0.1, -0.05) is 28.1 Å². The lowest BCUT2D eigenvalue weighted by Crippen LogP contribution is -2.00. The highest BCUT2D eigenvalue weighted by atomic mass is 79.9. The number of rotatable bonds is 6. The fraction of sp³-hybridized carbons (Fsp3) is 0.133. The van der Waals surface area contributed by atoms with Crippen LogP contribution in [-0.2, 0) is 0 Å². The van der Waals surface area contributed by atoms with E-state index in [-0.39, 0.29) is 0 Å². The zero-order chi connectivity index (χ0) is 14.4. The van der Waals surface area contributed by atoms with Crippen LogP contribution in [0.2, 0.25) is 0 Å². The van der Waals surface area contributed by atoms with Gasteiger partial charge in [-0.3, -0.25) is 0 Å². The van der Waals surface area contributed by atoms with Gasteiger partial charge in [0, 0.05) is 15.1 Å². The molecule has 0 spiro atoms. The van der Waals surface area contributed by atoms with Gasteiger partial charge in [-0.05, 0) is 36.4 Å². The molecule has 0 bridgehead atoms. The standard InChI is InChI=1S/C15H13BrO3S/c16-12-4-2-5-13(10-12)19-7-8-20-14-6-1-3-11(9-14)15(17)18/h1-6,9-10H,7-8H2,(H,17,18). The lowest BCUT2D eigenvalue weighted by Gasteiger charge is -2.06. The minimum atomic E-state index is -0.905. The van der Waals surface area contributed by atoms with Crippen LogP contribution in [0.4, 0.5) is 0 Å². The number of thioether (sulfide) groups is 1. The monoisotopic (exact) mass is 352 g/mol. The maximum atomic E-state index is 10.9. The Morgan fingerprint density at radius 3 is 2.75 bits per heavy atom. The van der Waals surface area contributed by atoms with Crippen LogP contribution in [-0.4, -0.2) is 23.4 Å². The molecule has 0 heterocycles. The first kappa shape index (κ1) is 14.9. The second-order valence-electron chi connectivity index (χ2n) is 3.99. The molecule has 0 aliphatic heterocycles. The average Bonchev–Trinajstić information content (AvgIpc) is 2.44. The normalized spacial score (nSPS) is 10.2. The van der Waals surface area contributed by atoms with E-state index in [9.17, 15) is 4.79 Å². The molecule has 0 unspecified atom stereocenters. The van der Waals surface area contributed by atoms with Crippen molar-refractivity contribution in [3.05, 3.63) is 58.6 Å². The Labute approximate surface area is 130 Å². The van der Waals surface area contributed by atoms with Gasteiger partial charge in [-0.15, -0.1) is 11.8 Å². The van der Waals surface area contributed by atoms with Gasteiger partial charge in [0.2, 0.25) is 0 Å². The van der Waals surface area contributed by atoms with Crippen molar-refractivity contribution in [3.8, 4) is 5.75 Å². The molecule has 0 amide bonds. The molecule has 0 aromatic heterocycles. The fourth-order valence-corrected chi connectivity index (χ4v) is 2.76. The van der Waals surface area contributed by atoms with Gasteiger partial charge < -0.3 is 9.84 Å². The Hall–Kier alpha value is -1.46. The van der Waals surface area contributed by atoms with Gasteiger partial charge in [-0.25, -0.2) is 4.79 Å². The number of carbonyl (C=O) groups is 1. The predicted octanol–water partition coefficient (Wildman–Crippen LogP) is 4.32. The molecule has 5 heteroatoms. The molecule has 104 valence electrons. The molecule has 0 saturated heterocycles. The molecule has 1 N–H and O–H groups in total. The van der Waals surface area contributed by atoms with Crippen molar-refractivity contribution in [2.45, 2.75) is 4.90 Å². The van der Waals surface area contributed by atoms with E-state index in [1.54, 1.807) is 30.0 Å². The molecular formula is C15H13BrO3S. The van der Waals surface area contributed by atoms with Crippen LogP contribution in [0.5, 0.6) is 5.75 Å². The molecule has 3 nitrogen and oxygen atoms in total. The summed E-state index contributed by atoms with van der Waals surface area (Å²) in [6, 6.07) is 14.6. The van der Waals surface area contributed by atoms with Crippen molar-refractivity contribution in [1.82, 2.24) is 0 Å². The van der Waals surface area contributed by atoms with Crippen LogP contribution in [0.25, 0.3) is 0 Å². The van der Waals surface area contributed by atoms with Crippen LogP contribution in [0, 0.1) is 0 Å². The van der Waals surface area contributed by atoms with Gasteiger partial charge in [0.25, 0.3) is 0 Å². The number of aromatic carboxylic acids is 1. The van der Waals surface area contributed by atoms with E-state index in [0.717, 1.165) is 20.9 Å². The largest absolute Gasteiger partial charge is 0.493 e. The number of halogens is 1. The molecule has 0 saturated carbocycles. The number of carboxylic acids is 1. The molecule has 0 aliphatic rings. The van der Waals surface area contributed by atoms with Crippen molar-refractivity contribution in [1.29, 1.82) is 0 Å². The van der Waals surface area contributed by atoms with Gasteiger partial charge in [0.05, 0.1) is 12.2 Å². The summed E-state index contributed by atoms with van der Waals surface area (Å²) in [7, 11) is 0. The number of ether oxygens (including phenoxy) is 1. The fourth-order valence-electron chi connectivity index (χ4n) is 1.59. The zero-order valence-electron chi connectivity index (χ0n) is 10.6. The quantitative estimate of drug-likeness (QED) is 0.621. The highest BCUT2D eigenvalue weighted by molar-refractivity contribution is 9.10. The van der Waals surface area contributed by atoms with Gasteiger partial charge in [0.1, 0.15) is 5.75 Å². The molecule has 2 aromatic rings. The number of benzene rings is 2. The molecule has 2 rings (SSSR count). The Bertz CT molecular complexity index is 601. The topological polar surface area (TPSA) is 46.5 Å². The molecule has 0 atom stereocenters. The van der Waals surface area contributed by atoms with E-state index in [1.165, 1.54) is 0 Å². The zero-order valence-corrected chi connectivity index (χ0v) is 13.0. The Morgan fingerprint density at radius 2 is 2.00 bits per heavy atom. The minimum absolute atomic E-state index is 0.308. The van der Waals surface area contributed by atoms with Gasteiger partial charge in [0.15, 0.2) is 0 Å². The number of carboxylic acid groups (broad SMARTS) is 1. The summed E-state index contributed by atoms with van der Waals surface area (Å²) in [6.45, 7) is 0.568. The van der Waals surface area contributed by atoms with Crippen molar-refractivity contribution in [2.75, 3.05) is 12.4 Å². The second kappa shape index (κ2) is 7.36. The highest BCUT2D eigenvalue weighted by Gasteiger charge is 2.03. The molecule has 0 radical (unpaired) electrons. The predicted molar refractivity (Wildman–Crippen MR) is 83.8 cm³/mol. The van der Waals surface area contributed by atoms with Crippen molar-refractivity contribution in [2.24, 2.45) is 0 Å². The number of hydrogen-bond donors (Lipinski definition) is 1. The first-order valence-electron chi connectivity index (χ1n) is 6.00. The third kappa shape index (κ3) is 4.58. The summed E-state index contributed by atoms with van der Waals surface area (Å²) in [5.74, 6) is 0.673. The smallest absolute Gasteiger partial charge is 0.335 e. The van der Waals surface area contributed by atoms with E-state index in [4.69, 9.17) is 9.84 Å². The Balaban J connectivity index is 1.81. The Morgan fingerprint density at radius 1 is 1.20 bits per heavy atom. The first-order chi connectivity index (χ1) is 9.65. The van der Waals surface area contributed by atoms with E-state index in [0.29, 0.717) is 12.2 Å². The third-order valence-electron chi connectivity index (χ3n) is 2.50. The van der Waals surface area contributed by atoms with Crippen molar-refractivity contribution >= 4 is 33.7 Å². The summed E-state index contributed by atoms with van der Waals surface area (Å²) in [5.41, 5.74) is 0.308. The first-order valence-corrected chi connectivity index (χ1v) is 7.77. The maximum absolute atomic E-state index is 10.9. The van der Waals surface area contributed by atoms with Crippen LogP contribution in [0.1, 0.15) is 10.4 Å². The van der Waals surface area contributed by atoms with E-state index in [2.05, 4.69) is 15.9 Å². The second-order valence-corrected chi connectivity index (χ2v) is 6.07. The molecule has 0 fully saturated rings. The van der Waals surface area contributed by atoms with Gasteiger partial charge >= 0.3 is 5.97 Å². The summed E-state index contributed by atoms with van der Waals surface area (Å²) >= 11 is 4.96. The average molecular weight is 353 g/mol. The van der Waals surface area contributed by atoms with E-state index >= 15 is 0 Å². The van der Waals surface area contributed by atoms with E-state index in [1.807, 2.05) is 30.3 Å². The molecular weight excluding hydrogens is 340 g/mol. The molecule has 0 aliphatic carbocycles. The summed E-state index contributed by atoms with van der Waals surface area (Å²) in [4.78, 5) is 11.8. The number of hydrogen-bond acceptors (Lipinski definition) is 3. The minimum Gasteiger partial charge on any atom is -0.493 e. The van der Waals surface area contributed by atoms with Crippen LogP contribution in [0.15, 0.2) is 57.9 Å². The lowest BCUT2D eigenvalue weighted by atomic mass is 10.2. The Kier molecular flexibility index (Phi) is 5.49. The van der Waals surface area contributed by atoms with Crippen LogP contribution in [0.3, 0.4) is 0 Å². The summed E-state index contributed by atoms with van der Waals surface area (Å²) < 4.78 is 6.60. The molecule has 2 aromatic carbocycles.